The maximum Gasteiger partial charge on any atom is 0.323 e. The monoisotopic (exact) mass is 267 g/mol. The summed E-state index contributed by atoms with van der Waals surface area (Å²) < 4.78 is 27.3. The number of aliphatic carboxylic acids is 1. The third-order valence-corrected chi connectivity index (χ3v) is 2.39. The molecule has 0 radical (unpaired) electrons. The third-order valence-electron chi connectivity index (χ3n) is 2.39. The molecule has 0 saturated carbocycles. The van der Waals surface area contributed by atoms with E-state index in [1.165, 1.54) is 13.0 Å². The fourth-order valence-corrected chi connectivity index (χ4v) is 1.48. The van der Waals surface area contributed by atoms with Crippen LogP contribution in [0.4, 0.5) is 8.78 Å². The van der Waals surface area contributed by atoms with Crippen molar-refractivity contribution in [2.24, 2.45) is 0 Å². The summed E-state index contributed by atoms with van der Waals surface area (Å²) in [6.45, 7) is 0.294. The lowest BCUT2D eigenvalue weighted by atomic mass is 10.1. The summed E-state index contributed by atoms with van der Waals surface area (Å²) >= 11 is 0. The van der Waals surface area contributed by atoms with Crippen molar-refractivity contribution >= 4 is 11.9 Å². The van der Waals surface area contributed by atoms with Crippen LogP contribution in [0, 0.1) is 30.9 Å². The average molecular weight is 267 g/mol. The lowest BCUT2D eigenvalue weighted by Gasteiger charge is -2.19. The molecule has 0 aromatic heterocycles. The van der Waals surface area contributed by atoms with Crippen LogP contribution in [0.2, 0.25) is 0 Å². The van der Waals surface area contributed by atoms with Gasteiger partial charge in [0.25, 0.3) is 5.91 Å². The van der Waals surface area contributed by atoms with Gasteiger partial charge >= 0.3 is 5.97 Å². The number of nitrogens with zero attached hydrogens (tertiary/aromatic N) is 1. The van der Waals surface area contributed by atoms with Crippen LogP contribution >= 0.6 is 0 Å². The maximum absolute atomic E-state index is 13.8. The smallest absolute Gasteiger partial charge is 0.323 e. The first-order valence-electron chi connectivity index (χ1n) is 5.27. The predicted octanol–water partition coefficient (Wildman–Crippen LogP) is 1.43. The molecular formula is C13H11F2NO3. The summed E-state index contributed by atoms with van der Waals surface area (Å²) in [5.74, 6) is -2.40. The number of terminal acetylenes is 1. The van der Waals surface area contributed by atoms with Crippen molar-refractivity contribution < 1.29 is 23.5 Å². The number of benzene rings is 1. The maximum atomic E-state index is 13.8. The largest absolute Gasteiger partial charge is 0.480 e. The van der Waals surface area contributed by atoms with Crippen LogP contribution in [0.5, 0.6) is 0 Å². The molecule has 0 spiro atoms. The Bertz CT molecular complexity index is 564. The molecule has 1 rings (SSSR count). The van der Waals surface area contributed by atoms with Crippen LogP contribution in [0.3, 0.4) is 0 Å². The molecule has 0 unspecified atom stereocenters. The third kappa shape index (κ3) is 3.28. The van der Waals surface area contributed by atoms with Gasteiger partial charge in [0.1, 0.15) is 23.7 Å². The zero-order valence-corrected chi connectivity index (χ0v) is 10.1. The molecule has 100 valence electrons. The number of hydrogen-bond acceptors (Lipinski definition) is 2. The number of carboxylic acids is 1. The molecule has 0 aliphatic heterocycles. The summed E-state index contributed by atoms with van der Waals surface area (Å²) in [4.78, 5) is 23.2. The normalized spacial score (nSPS) is 9.79. The quantitative estimate of drug-likeness (QED) is 0.840. The number of aryl methyl sites for hydroxylation is 1. The lowest BCUT2D eigenvalue weighted by molar-refractivity contribution is -0.137. The first kappa shape index (κ1) is 14.6. The molecule has 19 heavy (non-hydrogen) atoms. The molecule has 1 aromatic carbocycles. The van der Waals surface area contributed by atoms with E-state index in [1.807, 2.05) is 0 Å². The Morgan fingerprint density at radius 2 is 2.05 bits per heavy atom. The molecule has 0 fully saturated rings. The number of carboxylic acid groups (broad SMARTS) is 1. The lowest BCUT2D eigenvalue weighted by Crippen LogP contribution is -2.37. The summed E-state index contributed by atoms with van der Waals surface area (Å²) in [7, 11) is 0. The van der Waals surface area contributed by atoms with E-state index in [0.29, 0.717) is 4.90 Å². The van der Waals surface area contributed by atoms with E-state index in [9.17, 15) is 18.4 Å². The van der Waals surface area contributed by atoms with Crippen molar-refractivity contribution in [1.82, 2.24) is 4.90 Å². The van der Waals surface area contributed by atoms with Crippen molar-refractivity contribution in [1.29, 1.82) is 0 Å². The van der Waals surface area contributed by atoms with E-state index >= 15 is 0 Å². The van der Waals surface area contributed by atoms with Gasteiger partial charge in [-0.1, -0.05) is 12.0 Å². The molecule has 1 amide bonds. The van der Waals surface area contributed by atoms with Gasteiger partial charge in [0.05, 0.1) is 6.54 Å². The van der Waals surface area contributed by atoms with Crippen LogP contribution < -0.4 is 0 Å². The van der Waals surface area contributed by atoms with E-state index < -0.39 is 35.6 Å². The van der Waals surface area contributed by atoms with E-state index in [1.54, 1.807) is 0 Å². The molecule has 1 N–H and O–H groups in total. The van der Waals surface area contributed by atoms with Crippen molar-refractivity contribution in [2.45, 2.75) is 6.92 Å². The minimum atomic E-state index is -1.32. The molecular weight excluding hydrogens is 256 g/mol. The second kappa shape index (κ2) is 5.96. The van der Waals surface area contributed by atoms with Gasteiger partial charge < -0.3 is 10.0 Å². The number of hydrogen-bond donors (Lipinski definition) is 1. The first-order valence-corrected chi connectivity index (χ1v) is 5.27. The summed E-state index contributed by atoms with van der Waals surface area (Å²) in [5.41, 5.74) is -0.711. The molecule has 0 atom stereocenters. The van der Waals surface area contributed by atoms with Gasteiger partial charge in [-0.2, -0.15) is 0 Å². The molecule has 4 nitrogen and oxygen atoms in total. The topological polar surface area (TPSA) is 57.6 Å². The second-order valence-electron chi connectivity index (χ2n) is 3.81. The van der Waals surface area contributed by atoms with Gasteiger partial charge in [0.2, 0.25) is 0 Å². The molecule has 6 heteroatoms. The highest BCUT2D eigenvalue weighted by Gasteiger charge is 2.25. The Kier molecular flexibility index (Phi) is 4.59. The predicted molar refractivity (Wildman–Crippen MR) is 63.5 cm³/mol. The number of carbonyl (C=O) groups is 2. The van der Waals surface area contributed by atoms with Crippen molar-refractivity contribution in [2.75, 3.05) is 13.1 Å². The summed E-state index contributed by atoms with van der Waals surface area (Å²) in [6, 6.07) is 2.13. The van der Waals surface area contributed by atoms with E-state index in [4.69, 9.17) is 11.5 Å². The van der Waals surface area contributed by atoms with Crippen LogP contribution in [-0.4, -0.2) is 35.0 Å². The molecule has 1 aromatic rings. The molecule has 0 saturated heterocycles. The zero-order valence-electron chi connectivity index (χ0n) is 10.1. The zero-order chi connectivity index (χ0) is 14.6. The van der Waals surface area contributed by atoms with Gasteiger partial charge in [-0.05, 0) is 18.6 Å². The summed E-state index contributed by atoms with van der Waals surface area (Å²) in [5, 5.41) is 8.65. The molecule has 0 aliphatic rings. The number of amides is 1. The van der Waals surface area contributed by atoms with Gasteiger partial charge in [-0.3, -0.25) is 9.59 Å². The van der Waals surface area contributed by atoms with E-state index in [2.05, 4.69) is 5.92 Å². The fourth-order valence-electron chi connectivity index (χ4n) is 1.48. The molecule has 0 aliphatic carbocycles. The van der Waals surface area contributed by atoms with Crippen LogP contribution in [-0.2, 0) is 4.79 Å². The first-order chi connectivity index (χ1) is 8.88. The van der Waals surface area contributed by atoms with Gasteiger partial charge in [-0.15, -0.1) is 6.42 Å². The fraction of sp³-hybridized carbons (Fsp3) is 0.231. The van der Waals surface area contributed by atoms with Gasteiger partial charge in [0.15, 0.2) is 0 Å². The van der Waals surface area contributed by atoms with Gasteiger partial charge in [-0.25, -0.2) is 8.78 Å². The number of rotatable bonds is 4. The minimum Gasteiger partial charge on any atom is -0.480 e. The number of halogens is 2. The highest BCUT2D eigenvalue weighted by molar-refractivity contribution is 5.96. The standard InChI is InChI=1S/C13H11F2NO3/c1-3-6-16(7-10(17)18)13(19)11-9(14)5-4-8(2)12(11)15/h1,4-5H,6-7H2,2H3,(H,17,18). The van der Waals surface area contributed by atoms with Crippen molar-refractivity contribution in [3.05, 3.63) is 34.9 Å². The molecule has 0 heterocycles. The Morgan fingerprint density at radius 1 is 1.42 bits per heavy atom. The second-order valence-corrected chi connectivity index (χ2v) is 3.81. The van der Waals surface area contributed by atoms with Crippen LogP contribution in [0.15, 0.2) is 12.1 Å². The number of carbonyl (C=O) groups excluding carboxylic acids is 1. The Hall–Kier alpha value is -2.42. The Morgan fingerprint density at radius 3 is 2.58 bits per heavy atom. The van der Waals surface area contributed by atoms with Crippen molar-refractivity contribution in [3.63, 3.8) is 0 Å². The average Bonchev–Trinajstić information content (AvgIpc) is 2.33. The van der Waals surface area contributed by atoms with Crippen LogP contribution in [0.25, 0.3) is 0 Å². The van der Waals surface area contributed by atoms with Crippen LogP contribution in [0.1, 0.15) is 15.9 Å². The summed E-state index contributed by atoms with van der Waals surface area (Å²) in [6.07, 6.45) is 5.00. The Balaban J connectivity index is 3.20. The van der Waals surface area contributed by atoms with Gasteiger partial charge in [0, 0.05) is 0 Å². The van der Waals surface area contributed by atoms with Crippen molar-refractivity contribution in [3.8, 4) is 12.3 Å². The Labute approximate surface area is 108 Å². The minimum absolute atomic E-state index is 0.0840. The highest BCUT2D eigenvalue weighted by Crippen LogP contribution is 2.18. The van der Waals surface area contributed by atoms with E-state index in [0.717, 1.165) is 6.07 Å². The SMILES string of the molecule is C#CCN(CC(=O)O)C(=O)c1c(F)ccc(C)c1F. The van der Waals surface area contributed by atoms with E-state index in [-0.39, 0.29) is 12.1 Å². The molecule has 0 bridgehead atoms. The highest BCUT2D eigenvalue weighted by atomic mass is 19.1.